The molecule has 0 radical (unpaired) electrons. The van der Waals surface area contributed by atoms with Crippen molar-refractivity contribution in [2.24, 2.45) is 11.8 Å². The van der Waals surface area contributed by atoms with E-state index in [0.717, 1.165) is 77.2 Å². The van der Waals surface area contributed by atoms with E-state index >= 15 is 0 Å². The van der Waals surface area contributed by atoms with Crippen LogP contribution in [-0.2, 0) is 4.74 Å². The zero-order chi connectivity index (χ0) is 23.5. The van der Waals surface area contributed by atoms with E-state index in [0.29, 0.717) is 29.9 Å². The van der Waals surface area contributed by atoms with Gasteiger partial charge in [0.1, 0.15) is 0 Å². The Morgan fingerprint density at radius 1 is 0.743 bits per heavy atom. The number of rotatable bonds is 6. The van der Waals surface area contributed by atoms with Gasteiger partial charge < -0.3 is 19.9 Å². The van der Waals surface area contributed by atoms with Gasteiger partial charge in [0.05, 0.1) is 25.3 Å². The van der Waals surface area contributed by atoms with E-state index in [9.17, 15) is 0 Å². The average molecular weight is 476 g/mol. The standard InChI is InChI=1S/C27H37N7O/c1-3-11-23-21(7-1)9-5-14-33(23)26-29-25(28-13-16-32-17-19-35-20-18-32)30-27(31-26)34-15-6-10-22-8-2-4-12-24(22)34/h1-4,7-8,11-12,21-24H,5-6,9-10,13-20H2,(H,28,29,30,31). The van der Waals surface area contributed by atoms with Gasteiger partial charge in [-0.3, -0.25) is 4.90 Å². The first-order valence-electron chi connectivity index (χ1n) is 13.4. The zero-order valence-electron chi connectivity index (χ0n) is 20.5. The van der Waals surface area contributed by atoms with E-state index in [4.69, 9.17) is 19.7 Å². The third kappa shape index (κ3) is 5.00. The highest BCUT2D eigenvalue weighted by Gasteiger charge is 2.34. The Balaban J connectivity index is 1.27. The molecule has 5 aliphatic rings. The lowest BCUT2D eigenvalue weighted by atomic mass is 9.86. The molecule has 0 amide bonds. The number of hydrogen-bond acceptors (Lipinski definition) is 8. The van der Waals surface area contributed by atoms with Gasteiger partial charge >= 0.3 is 0 Å². The van der Waals surface area contributed by atoms with Crippen LogP contribution in [-0.4, -0.2) is 84.4 Å². The molecule has 6 rings (SSSR count). The third-order valence-electron chi connectivity index (χ3n) is 7.97. The summed E-state index contributed by atoms with van der Waals surface area (Å²) < 4.78 is 5.49. The summed E-state index contributed by atoms with van der Waals surface area (Å²) in [5.41, 5.74) is 0. The van der Waals surface area contributed by atoms with Crippen molar-refractivity contribution >= 4 is 17.8 Å². The lowest BCUT2D eigenvalue weighted by molar-refractivity contribution is 0.0398. The summed E-state index contributed by atoms with van der Waals surface area (Å²) in [6.07, 6.45) is 22.7. The van der Waals surface area contributed by atoms with E-state index in [1.54, 1.807) is 0 Å². The number of fused-ring (bicyclic) bond motifs is 2. The molecule has 1 N–H and O–H groups in total. The van der Waals surface area contributed by atoms with Crippen molar-refractivity contribution in [3.63, 3.8) is 0 Å². The van der Waals surface area contributed by atoms with E-state index in [1.807, 2.05) is 0 Å². The highest BCUT2D eigenvalue weighted by molar-refractivity contribution is 5.50. The summed E-state index contributed by atoms with van der Waals surface area (Å²) >= 11 is 0. The van der Waals surface area contributed by atoms with Crippen LogP contribution in [0.4, 0.5) is 17.8 Å². The molecule has 8 nitrogen and oxygen atoms in total. The van der Waals surface area contributed by atoms with Gasteiger partial charge in [-0.2, -0.15) is 15.0 Å². The average Bonchev–Trinajstić information content (AvgIpc) is 2.93. The van der Waals surface area contributed by atoms with Gasteiger partial charge in [0.2, 0.25) is 17.8 Å². The second-order valence-corrected chi connectivity index (χ2v) is 10.2. The number of hydrogen-bond donors (Lipinski definition) is 1. The van der Waals surface area contributed by atoms with Crippen molar-refractivity contribution in [3.05, 3.63) is 48.6 Å². The van der Waals surface area contributed by atoms with Gasteiger partial charge in [0.15, 0.2) is 0 Å². The van der Waals surface area contributed by atoms with Gasteiger partial charge in [-0.15, -0.1) is 0 Å². The fraction of sp³-hybridized carbons (Fsp3) is 0.593. The van der Waals surface area contributed by atoms with E-state index in [2.05, 4.69) is 68.6 Å². The molecule has 1 aromatic rings. The summed E-state index contributed by atoms with van der Waals surface area (Å²) in [6, 6.07) is 0.633. The van der Waals surface area contributed by atoms with Crippen LogP contribution in [0.3, 0.4) is 0 Å². The fourth-order valence-electron chi connectivity index (χ4n) is 6.09. The fourth-order valence-corrected chi connectivity index (χ4v) is 6.09. The molecule has 8 heteroatoms. The van der Waals surface area contributed by atoms with Crippen molar-refractivity contribution in [2.75, 3.05) is 67.6 Å². The smallest absolute Gasteiger partial charge is 0.232 e. The molecule has 0 spiro atoms. The first-order chi connectivity index (χ1) is 17.3. The Morgan fingerprint density at radius 2 is 1.31 bits per heavy atom. The highest BCUT2D eigenvalue weighted by Crippen LogP contribution is 2.34. The van der Waals surface area contributed by atoms with Crippen molar-refractivity contribution < 1.29 is 4.74 Å². The molecule has 3 fully saturated rings. The van der Waals surface area contributed by atoms with Gasteiger partial charge in [-0.05, 0) is 25.7 Å². The molecule has 0 bridgehead atoms. The van der Waals surface area contributed by atoms with E-state index in [1.165, 1.54) is 12.8 Å². The molecule has 0 saturated carbocycles. The van der Waals surface area contributed by atoms with Crippen LogP contribution >= 0.6 is 0 Å². The van der Waals surface area contributed by atoms with Gasteiger partial charge in [-0.25, -0.2) is 0 Å². The molecule has 4 atom stereocenters. The second-order valence-electron chi connectivity index (χ2n) is 10.2. The van der Waals surface area contributed by atoms with Crippen LogP contribution in [0.1, 0.15) is 25.7 Å². The molecule has 3 saturated heterocycles. The summed E-state index contributed by atoms with van der Waals surface area (Å²) in [7, 11) is 0. The summed E-state index contributed by atoms with van der Waals surface area (Å²) in [4.78, 5) is 22.3. The lowest BCUT2D eigenvalue weighted by Crippen LogP contribution is -2.47. The van der Waals surface area contributed by atoms with Crippen LogP contribution in [0.2, 0.25) is 0 Å². The molecule has 35 heavy (non-hydrogen) atoms. The van der Waals surface area contributed by atoms with Gasteiger partial charge in [0, 0.05) is 51.1 Å². The molecule has 4 heterocycles. The first-order valence-corrected chi connectivity index (χ1v) is 13.4. The Morgan fingerprint density at radius 3 is 1.91 bits per heavy atom. The molecular formula is C27H37N7O. The molecule has 4 unspecified atom stereocenters. The van der Waals surface area contributed by atoms with Gasteiger partial charge in [0.25, 0.3) is 0 Å². The SMILES string of the molecule is C1=CC2CCCN(c3nc(NCCN4CCOCC4)nc(N4CCCC5C=CC=CC54)n3)C2C=C1. The quantitative estimate of drug-likeness (QED) is 0.673. The van der Waals surface area contributed by atoms with Crippen molar-refractivity contribution in [3.8, 4) is 0 Å². The summed E-state index contributed by atoms with van der Waals surface area (Å²) in [5.74, 6) is 3.34. The Labute approximate surface area is 208 Å². The highest BCUT2D eigenvalue weighted by atomic mass is 16.5. The normalized spacial score (nSPS) is 30.3. The maximum Gasteiger partial charge on any atom is 0.232 e. The van der Waals surface area contributed by atoms with Crippen LogP contribution in [0, 0.1) is 11.8 Å². The third-order valence-corrected chi connectivity index (χ3v) is 7.97. The van der Waals surface area contributed by atoms with Crippen LogP contribution in [0.25, 0.3) is 0 Å². The molecular weight excluding hydrogens is 438 g/mol. The minimum Gasteiger partial charge on any atom is -0.379 e. The molecule has 0 aromatic carbocycles. The number of anilines is 3. The monoisotopic (exact) mass is 475 g/mol. The number of allylic oxidation sites excluding steroid dienone is 4. The lowest BCUT2D eigenvalue weighted by Gasteiger charge is -2.42. The van der Waals surface area contributed by atoms with Crippen LogP contribution in [0.15, 0.2) is 48.6 Å². The zero-order valence-corrected chi connectivity index (χ0v) is 20.5. The maximum atomic E-state index is 5.49. The van der Waals surface area contributed by atoms with E-state index in [-0.39, 0.29) is 0 Å². The van der Waals surface area contributed by atoms with Crippen LogP contribution in [0.5, 0.6) is 0 Å². The number of piperidine rings is 2. The van der Waals surface area contributed by atoms with Crippen molar-refractivity contribution in [1.82, 2.24) is 19.9 Å². The number of nitrogens with zero attached hydrogens (tertiary/aromatic N) is 6. The first kappa shape index (κ1) is 22.7. The predicted octanol–water partition coefficient (Wildman–Crippen LogP) is 3.04. The summed E-state index contributed by atoms with van der Waals surface area (Å²) in [6.45, 7) is 7.34. The summed E-state index contributed by atoms with van der Waals surface area (Å²) in [5, 5.41) is 3.53. The Kier molecular flexibility index (Phi) is 6.82. The Bertz CT molecular complexity index is 935. The largest absolute Gasteiger partial charge is 0.379 e. The second kappa shape index (κ2) is 10.5. The topological polar surface area (TPSA) is 69.7 Å². The molecule has 3 aliphatic heterocycles. The van der Waals surface area contributed by atoms with Crippen LogP contribution < -0.4 is 15.1 Å². The number of aromatic nitrogens is 3. The van der Waals surface area contributed by atoms with Gasteiger partial charge in [-0.1, -0.05) is 48.6 Å². The number of ether oxygens (including phenoxy) is 1. The number of morpholine rings is 1. The molecule has 186 valence electrons. The van der Waals surface area contributed by atoms with Crippen molar-refractivity contribution in [2.45, 2.75) is 37.8 Å². The minimum atomic E-state index is 0.316. The number of nitrogens with one attached hydrogen (secondary N) is 1. The molecule has 1 aromatic heterocycles. The Hall–Kier alpha value is -2.71. The van der Waals surface area contributed by atoms with Crippen molar-refractivity contribution in [1.29, 1.82) is 0 Å². The van der Waals surface area contributed by atoms with E-state index < -0.39 is 0 Å². The minimum absolute atomic E-state index is 0.316. The predicted molar refractivity (Wildman–Crippen MR) is 140 cm³/mol. The molecule has 2 aliphatic carbocycles. The maximum absolute atomic E-state index is 5.49.